The van der Waals surface area contributed by atoms with Gasteiger partial charge in [-0.2, -0.15) is 0 Å². The number of carbonyl (C=O) groups excluding carboxylic acids is 2. The van der Waals surface area contributed by atoms with E-state index in [0.717, 1.165) is 0 Å². The molecular formula is C35H34N2O2. The van der Waals surface area contributed by atoms with E-state index in [9.17, 15) is 9.59 Å². The van der Waals surface area contributed by atoms with Crippen molar-refractivity contribution in [2.24, 2.45) is 11.8 Å². The molecule has 0 aromatic heterocycles. The summed E-state index contributed by atoms with van der Waals surface area (Å²) in [6, 6.07) is 41.3. The minimum Gasteiger partial charge on any atom is -0.354 e. The predicted octanol–water partition coefficient (Wildman–Crippen LogP) is 5.96. The first kappa shape index (κ1) is 25.1. The van der Waals surface area contributed by atoms with Crippen LogP contribution in [-0.2, 0) is 9.59 Å². The third-order valence-corrected chi connectivity index (χ3v) is 8.49. The summed E-state index contributed by atoms with van der Waals surface area (Å²) in [5.74, 6) is 0.756. The van der Waals surface area contributed by atoms with Gasteiger partial charge in [0.15, 0.2) is 0 Å². The lowest BCUT2D eigenvalue weighted by Gasteiger charge is -2.18. The molecule has 0 heterocycles. The van der Waals surface area contributed by atoms with Gasteiger partial charge in [-0.1, -0.05) is 121 Å². The van der Waals surface area contributed by atoms with Gasteiger partial charge in [0, 0.05) is 43.8 Å². The van der Waals surface area contributed by atoms with E-state index in [-0.39, 0.29) is 47.3 Å². The highest BCUT2D eigenvalue weighted by atomic mass is 16.2. The third-order valence-electron chi connectivity index (χ3n) is 8.49. The maximum Gasteiger partial charge on any atom is 0.226 e. The fourth-order valence-electron chi connectivity index (χ4n) is 6.44. The Morgan fingerprint density at radius 2 is 0.897 bits per heavy atom. The van der Waals surface area contributed by atoms with Gasteiger partial charge in [-0.3, -0.25) is 9.59 Å². The normalized spacial score (nSPS) is 24.9. The van der Waals surface area contributed by atoms with Crippen LogP contribution in [0.1, 0.15) is 45.9 Å². The van der Waals surface area contributed by atoms with Crippen LogP contribution in [0.15, 0.2) is 121 Å². The molecule has 2 aliphatic rings. The van der Waals surface area contributed by atoms with Gasteiger partial charge in [0.05, 0.1) is 11.8 Å². The lowest BCUT2D eigenvalue weighted by Crippen LogP contribution is -2.38. The molecule has 0 radical (unpaired) electrons. The van der Waals surface area contributed by atoms with Crippen molar-refractivity contribution >= 4 is 11.8 Å². The average molecular weight is 515 g/mol. The first-order valence-electron chi connectivity index (χ1n) is 13.9. The van der Waals surface area contributed by atoms with E-state index in [4.69, 9.17) is 0 Å². The van der Waals surface area contributed by atoms with Gasteiger partial charge in [-0.25, -0.2) is 0 Å². The van der Waals surface area contributed by atoms with Crippen LogP contribution in [0, 0.1) is 11.8 Å². The summed E-state index contributed by atoms with van der Waals surface area (Å²) in [6.07, 6.45) is 0. The molecule has 4 heteroatoms. The number of amides is 2. The van der Waals surface area contributed by atoms with E-state index < -0.39 is 0 Å². The fourth-order valence-corrected chi connectivity index (χ4v) is 6.44. The molecule has 2 aliphatic carbocycles. The molecule has 2 saturated carbocycles. The molecule has 0 spiro atoms. The molecule has 39 heavy (non-hydrogen) atoms. The molecule has 4 nitrogen and oxygen atoms in total. The van der Waals surface area contributed by atoms with Crippen molar-refractivity contribution in [2.75, 3.05) is 20.1 Å². The smallest absolute Gasteiger partial charge is 0.226 e. The van der Waals surface area contributed by atoms with E-state index in [0.29, 0.717) is 13.1 Å². The number of carbonyl (C=O) groups is 2. The Hall–Kier alpha value is -4.18. The quantitative estimate of drug-likeness (QED) is 0.300. The number of rotatable bonds is 9. The summed E-state index contributed by atoms with van der Waals surface area (Å²) < 4.78 is 0. The molecule has 196 valence electrons. The minimum atomic E-state index is -0.0934. The summed E-state index contributed by atoms with van der Waals surface area (Å²) >= 11 is 0. The minimum absolute atomic E-state index is 0.0642. The molecule has 0 aliphatic heterocycles. The van der Waals surface area contributed by atoms with E-state index in [1.807, 2.05) is 79.8 Å². The van der Waals surface area contributed by atoms with Gasteiger partial charge in [0.1, 0.15) is 0 Å². The molecule has 4 unspecified atom stereocenters. The van der Waals surface area contributed by atoms with Crippen LogP contribution in [-0.4, -0.2) is 36.9 Å². The van der Waals surface area contributed by atoms with Crippen LogP contribution in [0.2, 0.25) is 0 Å². The zero-order chi connectivity index (χ0) is 26.8. The second kappa shape index (κ2) is 10.9. The number of likely N-dealkylation sites (N-methyl/N-ethyl adjacent to an activating group) is 1. The standard InChI is InChI=1S/C35H34N2O2/c1-37(35(39)33-30(26-18-10-4-11-19-26)31(33)27-20-12-5-13-21-27)23-22-36-34(38)32-28(24-14-6-2-7-15-24)29(32)25-16-8-3-9-17-25/h2-21,28-33H,22-23H2,1H3,(H,36,38). The molecule has 4 aromatic carbocycles. The Morgan fingerprint density at radius 1 is 0.564 bits per heavy atom. The largest absolute Gasteiger partial charge is 0.354 e. The first-order chi connectivity index (χ1) is 19.1. The maximum absolute atomic E-state index is 13.6. The second-order valence-corrected chi connectivity index (χ2v) is 10.8. The van der Waals surface area contributed by atoms with Crippen molar-refractivity contribution < 1.29 is 9.59 Å². The summed E-state index contributed by atoms with van der Waals surface area (Å²) in [5, 5.41) is 3.14. The van der Waals surface area contributed by atoms with Crippen LogP contribution in [0.5, 0.6) is 0 Å². The van der Waals surface area contributed by atoms with Crippen molar-refractivity contribution in [1.82, 2.24) is 10.2 Å². The Morgan fingerprint density at radius 3 is 1.26 bits per heavy atom. The van der Waals surface area contributed by atoms with Gasteiger partial charge >= 0.3 is 0 Å². The van der Waals surface area contributed by atoms with Crippen molar-refractivity contribution in [1.29, 1.82) is 0 Å². The van der Waals surface area contributed by atoms with Crippen LogP contribution in [0.3, 0.4) is 0 Å². The zero-order valence-electron chi connectivity index (χ0n) is 22.2. The number of nitrogens with zero attached hydrogens (tertiary/aromatic N) is 1. The van der Waals surface area contributed by atoms with Crippen molar-refractivity contribution in [2.45, 2.75) is 23.7 Å². The SMILES string of the molecule is CN(CCNC(=O)C1C(c2ccccc2)C1c1ccccc1)C(=O)C1C(c2ccccc2)C1c1ccccc1. The molecule has 4 atom stereocenters. The van der Waals surface area contributed by atoms with E-state index in [1.54, 1.807) is 4.90 Å². The number of benzene rings is 4. The summed E-state index contributed by atoms with van der Waals surface area (Å²) in [7, 11) is 1.85. The summed E-state index contributed by atoms with van der Waals surface area (Å²) in [5.41, 5.74) is 4.82. The average Bonchev–Trinajstić information content (AvgIpc) is 3.91. The Balaban J connectivity index is 1.09. The first-order valence-corrected chi connectivity index (χ1v) is 13.9. The third kappa shape index (κ3) is 5.12. The molecule has 0 bridgehead atoms. The Bertz CT molecular complexity index is 1320. The molecular weight excluding hydrogens is 480 g/mol. The molecule has 2 fully saturated rings. The lowest BCUT2D eigenvalue weighted by molar-refractivity contribution is -0.132. The summed E-state index contributed by atoms with van der Waals surface area (Å²) in [4.78, 5) is 28.7. The molecule has 0 saturated heterocycles. The number of hydrogen-bond donors (Lipinski definition) is 1. The van der Waals surface area contributed by atoms with Gasteiger partial charge in [-0.05, 0) is 22.3 Å². The monoisotopic (exact) mass is 514 g/mol. The van der Waals surface area contributed by atoms with Gasteiger partial charge < -0.3 is 10.2 Å². The van der Waals surface area contributed by atoms with E-state index in [2.05, 4.69) is 53.8 Å². The number of hydrogen-bond acceptors (Lipinski definition) is 2. The van der Waals surface area contributed by atoms with Gasteiger partial charge in [0.25, 0.3) is 0 Å². The molecule has 2 amide bonds. The van der Waals surface area contributed by atoms with Gasteiger partial charge in [-0.15, -0.1) is 0 Å². The molecule has 6 rings (SSSR count). The highest BCUT2D eigenvalue weighted by molar-refractivity contribution is 5.86. The number of nitrogens with one attached hydrogen (secondary N) is 1. The van der Waals surface area contributed by atoms with Crippen LogP contribution in [0.4, 0.5) is 0 Å². The maximum atomic E-state index is 13.6. The van der Waals surface area contributed by atoms with Crippen LogP contribution < -0.4 is 5.32 Å². The lowest BCUT2D eigenvalue weighted by atomic mass is 10.0. The molecule has 4 aromatic rings. The van der Waals surface area contributed by atoms with Crippen LogP contribution in [0.25, 0.3) is 0 Å². The van der Waals surface area contributed by atoms with Crippen molar-refractivity contribution in [3.8, 4) is 0 Å². The Labute approximate surface area is 230 Å². The van der Waals surface area contributed by atoms with E-state index >= 15 is 0 Å². The van der Waals surface area contributed by atoms with Crippen molar-refractivity contribution in [3.63, 3.8) is 0 Å². The second-order valence-electron chi connectivity index (χ2n) is 10.8. The highest BCUT2D eigenvalue weighted by Crippen LogP contribution is 2.61. The zero-order valence-corrected chi connectivity index (χ0v) is 22.2. The predicted molar refractivity (Wildman–Crippen MR) is 154 cm³/mol. The van der Waals surface area contributed by atoms with E-state index in [1.165, 1.54) is 22.3 Å². The Kier molecular flexibility index (Phi) is 7.02. The van der Waals surface area contributed by atoms with Gasteiger partial charge in [0.2, 0.25) is 11.8 Å². The fraction of sp³-hybridized carbons (Fsp3) is 0.257. The molecule has 1 N–H and O–H groups in total. The topological polar surface area (TPSA) is 49.4 Å². The van der Waals surface area contributed by atoms with Crippen LogP contribution >= 0.6 is 0 Å². The van der Waals surface area contributed by atoms with Crippen molar-refractivity contribution in [3.05, 3.63) is 144 Å². The summed E-state index contributed by atoms with van der Waals surface area (Å²) in [6.45, 7) is 0.933. The highest BCUT2D eigenvalue weighted by Gasteiger charge is 2.57.